The van der Waals surface area contributed by atoms with Crippen molar-refractivity contribution >= 4 is 39.1 Å². The van der Waals surface area contributed by atoms with Crippen LogP contribution in [0.1, 0.15) is 38.8 Å². The number of carbonyl (C=O) groups is 2. The third-order valence-electron chi connectivity index (χ3n) is 6.51. The number of hydrogen-bond donors (Lipinski definition) is 1. The van der Waals surface area contributed by atoms with Gasteiger partial charge < -0.3 is 19.7 Å². The zero-order chi connectivity index (χ0) is 31.2. The second kappa shape index (κ2) is 13.5. The quantitative estimate of drug-likeness (QED) is 0.318. The maximum Gasteiger partial charge on any atom is 0.264 e. The van der Waals surface area contributed by atoms with Crippen LogP contribution in [0.4, 0.5) is 5.69 Å². The summed E-state index contributed by atoms with van der Waals surface area (Å²) in [5, 5.41) is 3.33. The molecular formula is C31H38ClN3O6S. The van der Waals surface area contributed by atoms with Crippen LogP contribution in [-0.2, 0) is 26.2 Å². The Morgan fingerprint density at radius 1 is 0.952 bits per heavy atom. The first kappa shape index (κ1) is 32.8. The Morgan fingerprint density at radius 3 is 2.14 bits per heavy atom. The number of rotatable bonds is 11. The molecule has 0 aliphatic heterocycles. The molecule has 0 spiro atoms. The van der Waals surface area contributed by atoms with Crippen LogP contribution in [0.5, 0.6) is 11.5 Å². The highest BCUT2D eigenvalue weighted by molar-refractivity contribution is 7.92. The Labute approximate surface area is 253 Å². The summed E-state index contributed by atoms with van der Waals surface area (Å²) in [6.07, 6.45) is 0. The van der Waals surface area contributed by atoms with Crippen LogP contribution in [0.25, 0.3) is 0 Å². The molecule has 0 bridgehead atoms. The minimum atomic E-state index is -4.29. The van der Waals surface area contributed by atoms with E-state index in [4.69, 9.17) is 21.1 Å². The molecule has 0 aromatic heterocycles. The van der Waals surface area contributed by atoms with Gasteiger partial charge in [0.2, 0.25) is 11.8 Å². The number of halogens is 1. The van der Waals surface area contributed by atoms with Gasteiger partial charge >= 0.3 is 0 Å². The number of sulfonamides is 1. The van der Waals surface area contributed by atoms with E-state index in [2.05, 4.69) is 5.32 Å². The minimum absolute atomic E-state index is 0.00458. The molecule has 0 heterocycles. The molecule has 1 unspecified atom stereocenters. The van der Waals surface area contributed by atoms with E-state index >= 15 is 0 Å². The minimum Gasteiger partial charge on any atom is -0.493 e. The largest absolute Gasteiger partial charge is 0.493 e. The van der Waals surface area contributed by atoms with Gasteiger partial charge in [0.15, 0.2) is 11.5 Å². The van der Waals surface area contributed by atoms with E-state index in [0.29, 0.717) is 16.3 Å². The van der Waals surface area contributed by atoms with Crippen molar-refractivity contribution in [3.8, 4) is 11.5 Å². The van der Waals surface area contributed by atoms with Crippen LogP contribution >= 0.6 is 11.6 Å². The molecule has 2 amide bonds. The van der Waals surface area contributed by atoms with Gasteiger partial charge in [-0.05, 0) is 70.5 Å². The average Bonchev–Trinajstić information content (AvgIpc) is 2.94. The summed E-state index contributed by atoms with van der Waals surface area (Å²) in [5.74, 6) is -0.385. The van der Waals surface area contributed by atoms with Crippen LogP contribution in [0.2, 0.25) is 5.02 Å². The molecule has 42 heavy (non-hydrogen) atoms. The summed E-state index contributed by atoms with van der Waals surface area (Å²) in [4.78, 5) is 28.5. The summed E-state index contributed by atoms with van der Waals surface area (Å²) in [5.41, 5.74) is 1.27. The average molecular weight is 616 g/mol. The molecular weight excluding hydrogens is 578 g/mol. The number of carbonyl (C=O) groups excluding carboxylic acids is 2. The molecule has 9 nitrogen and oxygen atoms in total. The van der Waals surface area contributed by atoms with Gasteiger partial charge in [0.25, 0.3) is 10.0 Å². The monoisotopic (exact) mass is 615 g/mol. The van der Waals surface area contributed by atoms with E-state index < -0.39 is 34.1 Å². The van der Waals surface area contributed by atoms with Gasteiger partial charge in [0.05, 0.1) is 24.8 Å². The maximum atomic E-state index is 14.1. The fraction of sp³-hybridized carbons (Fsp3) is 0.355. The van der Waals surface area contributed by atoms with Crippen LogP contribution in [0.15, 0.2) is 71.6 Å². The molecule has 0 aliphatic rings. The second-order valence-corrected chi connectivity index (χ2v) is 13.2. The molecule has 0 fully saturated rings. The highest BCUT2D eigenvalue weighted by Crippen LogP contribution is 2.32. The van der Waals surface area contributed by atoms with Gasteiger partial charge in [-0.15, -0.1) is 0 Å². The van der Waals surface area contributed by atoms with Crippen LogP contribution in [0, 0.1) is 6.92 Å². The molecule has 3 aromatic rings. The third kappa shape index (κ3) is 7.95. The molecule has 11 heteroatoms. The third-order valence-corrected chi connectivity index (χ3v) is 8.65. The van der Waals surface area contributed by atoms with E-state index in [1.54, 1.807) is 55.5 Å². The molecule has 0 aliphatic carbocycles. The lowest BCUT2D eigenvalue weighted by Crippen LogP contribution is -2.54. The number of amides is 2. The molecule has 0 radical (unpaired) electrons. The first-order chi connectivity index (χ1) is 19.7. The number of anilines is 1. The zero-order valence-corrected chi connectivity index (χ0v) is 26.5. The molecule has 0 saturated heterocycles. The number of nitrogens with zero attached hydrogens (tertiary/aromatic N) is 2. The number of methoxy groups -OCH3 is 2. The fourth-order valence-corrected chi connectivity index (χ4v) is 5.84. The Hall–Kier alpha value is -3.76. The first-order valence-corrected chi connectivity index (χ1v) is 15.2. The van der Waals surface area contributed by atoms with Crippen molar-refractivity contribution in [3.05, 3.63) is 82.9 Å². The number of ether oxygens (including phenoxy) is 2. The Balaban J connectivity index is 2.09. The SMILES string of the molecule is COc1ccc(S(=O)(=O)N(CC(=O)N(Cc2ccccc2Cl)C(C)C(=O)NC(C)(C)C)c2ccc(C)cc2)cc1OC. The van der Waals surface area contributed by atoms with Gasteiger partial charge in [0, 0.05) is 23.2 Å². The Kier molecular flexibility index (Phi) is 10.5. The predicted octanol–water partition coefficient (Wildman–Crippen LogP) is 5.19. The van der Waals surface area contributed by atoms with Gasteiger partial charge in [-0.25, -0.2) is 8.42 Å². The van der Waals surface area contributed by atoms with Gasteiger partial charge in [-0.1, -0.05) is 47.5 Å². The zero-order valence-electron chi connectivity index (χ0n) is 25.0. The van der Waals surface area contributed by atoms with Crippen molar-refractivity contribution < 1.29 is 27.5 Å². The lowest BCUT2D eigenvalue weighted by molar-refractivity contribution is -0.140. The van der Waals surface area contributed by atoms with E-state index in [-0.39, 0.29) is 28.8 Å². The normalized spacial score (nSPS) is 12.3. The predicted molar refractivity (Wildman–Crippen MR) is 165 cm³/mol. The van der Waals surface area contributed by atoms with Crippen molar-refractivity contribution in [3.63, 3.8) is 0 Å². The number of aryl methyl sites for hydroxylation is 1. The Bertz CT molecular complexity index is 1520. The summed E-state index contributed by atoms with van der Waals surface area (Å²) in [6, 6.07) is 17.1. The molecule has 226 valence electrons. The van der Waals surface area contributed by atoms with Gasteiger partial charge in [0.1, 0.15) is 12.6 Å². The molecule has 3 aromatic carbocycles. The van der Waals surface area contributed by atoms with Crippen LogP contribution < -0.4 is 19.1 Å². The van der Waals surface area contributed by atoms with Gasteiger partial charge in [-0.2, -0.15) is 0 Å². The van der Waals surface area contributed by atoms with E-state index in [1.807, 2.05) is 27.7 Å². The molecule has 0 saturated carbocycles. The smallest absolute Gasteiger partial charge is 0.264 e. The van der Waals surface area contributed by atoms with Crippen molar-refractivity contribution in [2.24, 2.45) is 0 Å². The second-order valence-electron chi connectivity index (χ2n) is 10.9. The van der Waals surface area contributed by atoms with Crippen LogP contribution in [-0.4, -0.2) is 57.5 Å². The van der Waals surface area contributed by atoms with Crippen molar-refractivity contribution in [2.75, 3.05) is 25.1 Å². The lowest BCUT2D eigenvalue weighted by atomic mass is 10.1. The standard InChI is InChI=1S/C31H38ClN3O6S/c1-21-12-14-24(15-13-21)35(42(38,39)25-16-17-27(40-6)28(18-25)41-7)20-29(36)34(19-23-10-8-9-11-26(23)32)22(2)30(37)33-31(3,4)5/h8-18,22H,19-20H2,1-7H3,(H,33,37). The van der Waals surface area contributed by atoms with Crippen LogP contribution in [0.3, 0.4) is 0 Å². The number of benzene rings is 3. The van der Waals surface area contributed by atoms with Gasteiger partial charge in [-0.3, -0.25) is 13.9 Å². The van der Waals surface area contributed by atoms with E-state index in [9.17, 15) is 18.0 Å². The number of hydrogen-bond acceptors (Lipinski definition) is 6. The maximum absolute atomic E-state index is 14.1. The molecule has 1 N–H and O–H groups in total. The topological polar surface area (TPSA) is 105 Å². The fourth-order valence-electron chi connectivity index (χ4n) is 4.21. The first-order valence-electron chi connectivity index (χ1n) is 13.3. The summed E-state index contributed by atoms with van der Waals surface area (Å²) >= 11 is 6.42. The summed E-state index contributed by atoms with van der Waals surface area (Å²) in [7, 11) is -1.42. The lowest BCUT2D eigenvalue weighted by Gasteiger charge is -2.33. The van der Waals surface area contributed by atoms with E-state index in [1.165, 1.54) is 37.3 Å². The van der Waals surface area contributed by atoms with Crippen molar-refractivity contribution in [2.45, 2.75) is 57.6 Å². The molecule has 3 rings (SSSR count). The van der Waals surface area contributed by atoms with E-state index in [0.717, 1.165) is 9.87 Å². The Morgan fingerprint density at radius 2 is 1.57 bits per heavy atom. The molecule has 1 atom stereocenters. The van der Waals surface area contributed by atoms with Crippen molar-refractivity contribution in [1.29, 1.82) is 0 Å². The number of nitrogens with one attached hydrogen (secondary N) is 1. The highest BCUT2D eigenvalue weighted by atomic mass is 35.5. The summed E-state index contributed by atoms with van der Waals surface area (Å²) < 4.78 is 39.8. The van der Waals surface area contributed by atoms with Crippen molar-refractivity contribution in [1.82, 2.24) is 10.2 Å². The highest BCUT2D eigenvalue weighted by Gasteiger charge is 2.34. The summed E-state index contributed by atoms with van der Waals surface area (Å²) in [6.45, 7) is 8.43.